The van der Waals surface area contributed by atoms with Crippen molar-refractivity contribution in [2.45, 2.75) is 38.5 Å². The number of hydrogen-bond acceptors (Lipinski definition) is 2. The van der Waals surface area contributed by atoms with Crippen molar-refractivity contribution in [1.82, 2.24) is 4.98 Å². The van der Waals surface area contributed by atoms with E-state index >= 15 is 0 Å². The minimum absolute atomic E-state index is 0.662. The lowest BCUT2D eigenvalue weighted by Gasteiger charge is -1.92. The van der Waals surface area contributed by atoms with E-state index in [1.807, 2.05) is 24.4 Å². The monoisotopic (exact) mass is 269 g/mol. The first-order chi connectivity index (χ1) is 9.93. The third-order valence-electron chi connectivity index (χ3n) is 2.80. The van der Waals surface area contributed by atoms with Crippen LogP contribution in [0.3, 0.4) is 0 Å². The highest BCUT2D eigenvalue weighted by Gasteiger charge is 1.86. The van der Waals surface area contributed by atoms with Gasteiger partial charge in [-0.2, -0.15) is 0 Å². The van der Waals surface area contributed by atoms with Gasteiger partial charge in [0, 0.05) is 24.7 Å². The second-order valence-electron chi connectivity index (χ2n) is 4.53. The van der Waals surface area contributed by atoms with E-state index in [0.29, 0.717) is 6.42 Å². The van der Waals surface area contributed by atoms with Crippen molar-refractivity contribution in [1.29, 1.82) is 0 Å². The Bertz CT molecular complexity index is 432. The van der Waals surface area contributed by atoms with Crippen LogP contribution in [0.1, 0.15) is 37.8 Å². The van der Waals surface area contributed by atoms with Crippen LogP contribution in [0.2, 0.25) is 0 Å². The van der Waals surface area contributed by atoms with Crippen LogP contribution in [-0.2, 0) is 11.2 Å². The Kier molecular flexibility index (Phi) is 9.73. The number of aromatic nitrogens is 1. The average Bonchev–Trinajstić information content (AvgIpc) is 2.49. The number of aldehydes is 1. The molecule has 0 aliphatic carbocycles. The number of allylic oxidation sites excluding steroid dienone is 6. The summed E-state index contributed by atoms with van der Waals surface area (Å²) in [6, 6.07) is 5.99. The summed E-state index contributed by atoms with van der Waals surface area (Å²) in [5.41, 5.74) is 1.11. The van der Waals surface area contributed by atoms with Crippen LogP contribution >= 0.6 is 0 Å². The first-order valence-corrected chi connectivity index (χ1v) is 7.23. The van der Waals surface area contributed by atoms with E-state index in [1.54, 1.807) is 0 Å². The van der Waals surface area contributed by atoms with E-state index in [-0.39, 0.29) is 0 Å². The third kappa shape index (κ3) is 9.03. The van der Waals surface area contributed by atoms with E-state index < -0.39 is 0 Å². The fourth-order valence-corrected chi connectivity index (χ4v) is 1.70. The standard InChI is InChI=1S/C18H23NO/c20-17-13-9-7-5-3-1-2-4-6-8-10-14-18-15-11-12-16-19-18/h1-3,5,8,10-12,15-17H,4,6-7,9,13-14H2/b2-1+,5-3+,10-8+. The molecular weight excluding hydrogens is 246 g/mol. The average molecular weight is 269 g/mol. The van der Waals surface area contributed by atoms with Crippen molar-refractivity contribution in [3.05, 3.63) is 66.5 Å². The number of pyridine rings is 1. The Hall–Kier alpha value is -1.96. The molecule has 1 aromatic heterocycles. The molecule has 0 atom stereocenters. The molecule has 0 bridgehead atoms. The number of rotatable bonds is 10. The number of carbonyl (C=O) groups is 1. The maximum absolute atomic E-state index is 10.1. The van der Waals surface area contributed by atoms with Crippen LogP contribution < -0.4 is 0 Å². The Morgan fingerprint density at radius 2 is 1.70 bits per heavy atom. The lowest BCUT2D eigenvalue weighted by molar-refractivity contribution is -0.107. The number of nitrogens with zero attached hydrogens (tertiary/aromatic N) is 1. The van der Waals surface area contributed by atoms with E-state index in [2.05, 4.69) is 41.4 Å². The molecule has 0 aliphatic heterocycles. The first kappa shape index (κ1) is 16.1. The van der Waals surface area contributed by atoms with Gasteiger partial charge in [0.1, 0.15) is 6.29 Å². The molecule has 0 N–H and O–H groups in total. The maximum Gasteiger partial charge on any atom is 0.120 e. The van der Waals surface area contributed by atoms with Gasteiger partial charge in [0.25, 0.3) is 0 Å². The highest BCUT2D eigenvalue weighted by Crippen LogP contribution is 1.99. The Balaban J connectivity index is 2.02. The van der Waals surface area contributed by atoms with Crippen LogP contribution in [0.5, 0.6) is 0 Å². The van der Waals surface area contributed by atoms with Gasteiger partial charge in [-0.3, -0.25) is 4.98 Å². The molecule has 0 unspecified atom stereocenters. The smallest absolute Gasteiger partial charge is 0.120 e. The summed E-state index contributed by atoms with van der Waals surface area (Å²) in [5, 5.41) is 0. The molecule has 0 saturated carbocycles. The molecule has 2 nitrogen and oxygen atoms in total. The highest BCUT2D eigenvalue weighted by atomic mass is 16.1. The van der Waals surface area contributed by atoms with Crippen LogP contribution in [0.4, 0.5) is 0 Å². The Labute approximate surface area is 121 Å². The molecule has 1 rings (SSSR count). The third-order valence-corrected chi connectivity index (χ3v) is 2.80. The Morgan fingerprint density at radius 3 is 2.45 bits per heavy atom. The topological polar surface area (TPSA) is 30.0 Å². The molecule has 0 saturated heterocycles. The lowest BCUT2D eigenvalue weighted by atomic mass is 10.2. The zero-order chi connectivity index (χ0) is 14.3. The molecule has 1 heterocycles. The molecule has 106 valence electrons. The number of carbonyl (C=O) groups excluding carboxylic acids is 1. The molecule has 2 heteroatoms. The van der Waals surface area contributed by atoms with Gasteiger partial charge in [0.05, 0.1) is 0 Å². The predicted molar refractivity (Wildman–Crippen MR) is 84.5 cm³/mol. The summed E-state index contributed by atoms with van der Waals surface area (Å²) in [6.07, 6.45) is 21.2. The van der Waals surface area contributed by atoms with Crippen molar-refractivity contribution < 1.29 is 4.79 Å². The van der Waals surface area contributed by atoms with Crippen LogP contribution in [0, 0.1) is 0 Å². The van der Waals surface area contributed by atoms with Gasteiger partial charge in [0.15, 0.2) is 0 Å². The Morgan fingerprint density at radius 1 is 0.900 bits per heavy atom. The molecule has 1 aromatic rings. The van der Waals surface area contributed by atoms with Crippen molar-refractivity contribution in [3.8, 4) is 0 Å². The zero-order valence-corrected chi connectivity index (χ0v) is 11.9. The van der Waals surface area contributed by atoms with Crippen LogP contribution in [-0.4, -0.2) is 11.3 Å². The molecule has 0 spiro atoms. The summed E-state index contributed by atoms with van der Waals surface area (Å²) in [4.78, 5) is 14.4. The fraction of sp³-hybridized carbons (Fsp3) is 0.333. The largest absolute Gasteiger partial charge is 0.303 e. The van der Waals surface area contributed by atoms with Crippen LogP contribution in [0.15, 0.2) is 60.9 Å². The van der Waals surface area contributed by atoms with E-state index in [1.165, 1.54) is 0 Å². The first-order valence-electron chi connectivity index (χ1n) is 7.23. The zero-order valence-electron chi connectivity index (χ0n) is 11.9. The molecule has 0 aliphatic rings. The van der Waals surface area contributed by atoms with E-state index in [9.17, 15) is 4.79 Å². The molecule has 20 heavy (non-hydrogen) atoms. The SMILES string of the molecule is O=CCCC/C=C/C=C/CC/C=C/Cc1ccccn1. The minimum Gasteiger partial charge on any atom is -0.303 e. The highest BCUT2D eigenvalue weighted by molar-refractivity contribution is 5.49. The normalized spacial score (nSPS) is 11.8. The van der Waals surface area contributed by atoms with Crippen LogP contribution in [0.25, 0.3) is 0 Å². The van der Waals surface area contributed by atoms with E-state index in [0.717, 1.165) is 44.1 Å². The maximum atomic E-state index is 10.1. The fourth-order valence-electron chi connectivity index (χ4n) is 1.70. The molecular formula is C18H23NO. The van der Waals surface area contributed by atoms with Crippen molar-refractivity contribution >= 4 is 6.29 Å². The second-order valence-corrected chi connectivity index (χ2v) is 4.53. The molecule has 0 radical (unpaired) electrons. The summed E-state index contributed by atoms with van der Waals surface area (Å²) >= 11 is 0. The molecule has 0 amide bonds. The van der Waals surface area contributed by atoms with Gasteiger partial charge >= 0.3 is 0 Å². The molecule has 0 aromatic carbocycles. The minimum atomic E-state index is 0.662. The molecule has 0 fully saturated rings. The van der Waals surface area contributed by atoms with Gasteiger partial charge in [0.2, 0.25) is 0 Å². The van der Waals surface area contributed by atoms with Crippen molar-refractivity contribution in [3.63, 3.8) is 0 Å². The number of hydrogen-bond donors (Lipinski definition) is 0. The van der Waals surface area contributed by atoms with Gasteiger partial charge in [-0.25, -0.2) is 0 Å². The van der Waals surface area contributed by atoms with Gasteiger partial charge < -0.3 is 4.79 Å². The summed E-state index contributed by atoms with van der Waals surface area (Å²) in [5.74, 6) is 0. The second kappa shape index (κ2) is 12.1. The van der Waals surface area contributed by atoms with Gasteiger partial charge in [-0.15, -0.1) is 0 Å². The van der Waals surface area contributed by atoms with Gasteiger partial charge in [-0.05, 0) is 37.8 Å². The predicted octanol–water partition coefficient (Wildman–Crippen LogP) is 4.44. The number of unbranched alkanes of at least 4 members (excludes halogenated alkanes) is 3. The summed E-state index contributed by atoms with van der Waals surface area (Å²) in [7, 11) is 0. The quantitative estimate of drug-likeness (QED) is 0.272. The van der Waals surface area contributed by atoms with E-state index in [4.69, 9.17) is 0 Å². The lowest BCUT2D eigenvalue weighted by Crippen LogP contribution is -1.84. The summed E-state index contributed by atoms with van der Waals surface area (Å²) in [6.45, 7) is 0. The summed E-state index contributed by atoms with van der Waals surface area (Å²) < 4.78 is 0. The van der Waals surface area contributed by atoms with Crippen molar-refractivity contribution in [2.75, 3.05) is 0 Å². The van der Waals surface area contributed by atoms with Crippen molar-refractivity contribution in [2.24, 2.45) is 0 Å². The van der Waals surface area contributed by atoms with Gasteiger partial charge in [-0.1, -0.05) is 42.5 Å².